The Balaban J connectivity index is 2.68. The van der Waals surface area contributed by atoms with Gasteiger partial charge in [-0.3, -0.25) is 4.79 Å². The molecule has 1 amide bonds. The molecule has 0 saturated carbocycles. The van der Waals surface area contributed by atoms with Gasteiger partial charge in [-0.05, 0) is 51.4 Å². The third-order valence-corrected chi connectivity index (χ3v) is 7.71. The second-order valence-electron chi connectivity index (χ2n) is 11.5. The van der Waals surface area contributed by atoms with Crippen LogP contribution in [0, 0.1) is 0 Å². The molecule has 0 aromatic carbocycles. The number of allylic oxidation sites excluding steroid dienone is 4. The van der Waals surface area contributed by atoms with E-state index in [1.54, 1.807) is 0 Å². The van der Waals surface area contributed by atoms with Crippen LogP contribution in [0.1, 0.15) is 104 Å². The summed E-state index contributed by atoms with van der Waals surface area (Å²) in [5.41, 5.74) is 0. The number of rotatable bonds is 24. The summed E-state index contributed by atoms with van der Waals surface area (Å²) in [4.78, 5) is 12.8. The summed E-state index contributed by atoms with van der Waals surface area (Å²) >= 11 is 0. The summed E-state index contributed by atoms with van der Waals surface area (Å²) in [6.07, 6.45) is 8.80. The maximum atomic E-state index is 12.8. The van der Waals surface area contributed by atoms with Gasteiger partial charge < -0.3 is 50.5 Å². The molecule has 8 N–H and O–H groups in total. The Hall–Kier alpha value is -1.41. The van der Waals surface area contributed by atoms with E-state index in [0.29, 0.717) is 12.8 Å². The molecule has 1 aliphatic rings. The average Bonchev–Trinajstić information content (AvgIpc) is 3.00. The first-order chi connectivity index (χ1) is 20.7. The van der Waals surface area contributed by atoms with Crippen LogP contribution < -0.4 is 5.32 Å². The number of hydrogen-bond donors (Lipinski definition) is 8. The maximum Gasteiger partial charge on any atom is 0.249 e. The van der Waals surface area contributed by atoms with Crippen molar-refractivity contribution in [1.82, 2.24) is 5.32 Å². The highest BCUT2D eigenvalue weighted by Gasteiger charge is 2.44. The molecule has 11 heteroatoms. The number of hydrogen-bond acceptors (Lipinski definition) is 10. The zero-order valence-corrected chi connectivity index (χ0v) is 26.2. The largest absolute Gasteiger partial charge is 0.394 e. The molecule has 1 aliphatic heterocycles. The van der Waals surface area contributed by atoms with Crippen LogP contribution in [0.15, 0.2) is 24.3 Å². The van der Waals surface area contributed by atoms with Crippen LogP contribution in [0.3, 0.4) is 0 Å². The minimum atomic E-state index is -1.66. The smallest absolute Gasteiger partial charge is 0.249 e. The van der Waals surface area contributed by atoms with Crippen molar-refractivity contribution < 1.29 is 50.0 Å². The molecule has 252 valence electrons. The highest BCUT2D eigenvalue weighted by molar-refractivity contribution is 5.80. The second kappa shape index (κ2) is 23.9. The molecule has 0 aromatic rings. The highest BCUT2D eigenvalue weighted by Crippen LogP contribution is 2.23. The van der Waals surface area contributed by atoms with Gasteiger partial charge in [0.1, 0.15) is 36.6 Å². The van der Waals surface area contributed by atoms with Crippen molar-refractivity contribution in [2.75, 3.05) is 13.2 Å². The van der Waals surface area contributed by atoms with Gasteiger partial charge in [0.25, 0.3) is 0 Å². The van der Waals surface area contributed by atoms with Gasteiger partial charge in [-0.25, -0.2) is 0 Å². The normalized spacial score (nSPS) is 25.7. The zero-order chi connectivity index (χ0) is 32.0. The molecule has 43 heavy (non-hydrogen) atoms. The Labute approximate surface area is 257 Å². The van der Waals surface area contributed by atoms with Crippen molar-refractivity contribution in [3.8, 4) is 0 Å². The number of amides is 1. The van der Waals surface area contributed by atoms with Gasteiger partial charge in [-0.1, -0.05) is 76.7 Å². The van der Waals surface area contributed by atoms with Crippen molar-refractivity contribution in [3.05, 3.63) is 24.3 Å². The molecular formula is C32H59NO10. The van der Waals surface area contributed by atoms with E-state index in [1.165, 1.54) is 12.8 Å². The van der Waals surface area contributed by atoms with Crippen LogP contribution in [0.2, 0.25) is 0 Å². The summed E-state index contributed by atoms with van der Waals surface area (Å²) in [7, 11) is 0. The molecule has 9 atom stereocenters. The van der Waals surface area contributed by atoms with E-state index in [4.69, 9.17) is 9.47 Å². The van der Waals surface area contributed by atoms with E-state index in [0.717, 1.165) is 51.4 Å². The van der Waals surface area contributed by atoms with E-state index in [1.807, 2.05) is 6.08 Å². The highest BCUT2D eigenvalue weighted by atomic mass is 16.7. The molecule has 1 heterocycles. The minimum Gasteiger partial charge on any atom is -0.394 e. The second-order valence-corrected chi connectivity index (χ2v) is 11.5. The van der Waals surface area contributed by atoms with Gasteiger partial charge in [-0.2, -0.15) is 0 Å². The molecule has 1 saturated heterocycles. The molecule has 0 aliphatic carbocycles. The predicted octanol–water partition coefficient (Wildman–Crippen LogP) is 1.98. The summed E-state index contributed by atoms with van der Waals surface area (Å²) in [6, 6.07) is -1.18. The third-order valence-electron chi connectivity index (χ3n) is 7.71. The lowest BCUT2D eigenvalue weighted by molar-refractivity contribution is -0.303. The fraction of sp³-hybridized carbons (Fsp3) is 0.844. The lowest BCUT2D eigenvalue weighted by atomic mass is 9.98. The van der Waals surface area contributed by atoms with Crippen molar-refractivity contribution in [1.29, 1.82) is 0 Å². The number of aliphatic hydroxyl groups excluding tert-OH is 7. The number of carbonyl (C=O) groups excluding carboxylic acids is 1. The van der Waals surface area contributed by atoms with Crippen LogP contribution in [-0.4, -0.2) is 110 Å². The molecular weight excluding hydrogens is 558 g/mol. The van der Waals surface area contributed by atoms with E-state index < -0.39 is 74.2 Å². The van der Waals surface area contributed by atoms with Crippen LogP contribution >= 0.6 is 0 Å². The first kappa shape index (κ1) is 39.6. The summed E-state index contributed by atoms with van der Waals surface area (Å²) in [5, 5.41) is 74.4. The summed E-state index contributed by atoms with van der Waals surface area (Å²) in [6.45, 7) is 3.17. The zero-order valence-electron chi connectivity index (χ0n) is 26.2. The Kier molecular flexibility index (Phi) is 22.0. The summed E-state index contributed by atoms with van der Waals surface area (Å²) in [5.74, 6) is -0.727. The molecule has 1 rings (SSSR count). The van der Waals surface area contributed by atoms with E-state index in [-0.39, 0.29) is 12.8 Å². The van der Waals surface area contributed by atoms with Gasteiger partial charge >= 0.3 is 0 Å². The third kappa shape index (κ3) is 15.9. The molecule has 0 spiro atoms. The van der Waals surface area contributed by atoms with Crippen LogP contribution in [0.5, 0.6) is 0 Å². The first-order valence-electron chi connectivity index (χ1n) is 16.2. The van der Waals surface area contributed by atoms with Crippen LogP contribution in [-0.2, 0) is 14.3 Å². The number of unbranched alkanes of at least 4 members (excludes halogenated alkanes) is 8. The molecule has 11 nitrogen and oxygen atoms in total. The Bertz CT molecular complexity index is 764. The number of aliphatic hydroxyl groups is 7. The van der Waals surface area contributed by atoms with Gasteiger partial charge in [-0.15, -0.1) is 0 Å². The molecule has 0 radical (unpaired) electrons. The first-order valence-corrected chi connectivity index (χ1v) is 16.2. The quantitative estimate of drug-likeness (QED) is 0.0587. The topological polar surface area (TPSA) is 189 Å². The monoisotopic (exact) mass is 617 g/mol. The molecule has 0 bridgehead atoms. The number of carbonyl (C=O) groups is 1. The maximum absolute atomic E-state index is 12.8. The SMILES string of the molecule is CCC/C=C/CCCC(O)C(O)C(COC1OC(CO)C(O)C(O)C1O)NC(=O)C(O)CCCCCC/C=C\CCCC. The Morgan fingerprint density at radius 3 is 2.07 bits per heavy atom. The van der Waals surface area contributed by atoms with Crippen molar-refractivity contribution in [2.45, 2.75) is 159 Å². The Morgan fingerprint density at radius 1 is 0.791 bits per heavy atom. The Morgan fingerprint density at radius 2 is 1.42 bits per heavy atom. The lowest BCUT2D eigenvalue weighted by Crippen LogP contribution is -2.60. The lowest BCUT2D eigenvalue weighted by Gasteiger charge is -2.40. The van der Waals surface area contributed by atoms with E-state index in [2.05, 4.69) is 37.4 Å². The molecule has 0 aromatic heterocycles. The molecule has 9 unspecified atom stereocenters. The van der Waals surface area contributed by atoms with Crippen molar-refractivity contribution >= 4 is 5.91 Å². The van der Waals surface area contributed by atoms with E-state index in [9.17, 15) is 40.5 Å². The van der Waals surface area contributed by atoms with Crippen LogP contribution in [0.4, 0.5) is 0 Å². The van der Waals surface area contributed by atoms with Crippen molar-refractivity contribution in [3.63, 3.8) is 0 Å². The average molecular weight is 618 g/mol. The number of ether oxygens (including phenoxy) is 2. The predicted molar refractivity (Wildman–Crippen MR) is 164 cm³/mol. The van der Waals surface area contributed by atoms with Gasteiger partial charge in [0.05, 0.1) is 25.4 Å². The van der Waals surface area contributed by atoms with Gasteiger partial charge in [0.2, 0.25) is 5.91 Å². The van der Waals surface area contributed by atoms with Crippen molar-refractivity contribution in [2.24, 2.45) is 0 Å². The minimum absolute atomic E-state index is 0.237. The fourth-order valence-electron chi connectivity index (χ4n) is 4.84. The van der Waals surface area contributed by atoms with E-state index >= 15 is 0 Å². The standard InChI is InChI=1S/C32H59NO10/c1-3-5-7-9-11-12-13-14-16-18-20-25(36)31(41)33-23(27(37)24(35)19-17-15-10-8-6-4-2)22-42-32-30(40)29(39)28(38)26(21-34)43-32/h8-11,23-30,32,34-40H,3-7,12-22H2,1-2H3,(H,33,41)/b10-8+,11-9-. The number of nitrogens with one attached hydrogen (secondary N) is 1. The summed E-state index contributed by atoms with van der Waals surface area (Å²) < 4.78 is 10.9. The molecule has 1 fully saturated rings. The van der Waals surface area contributed by atoms with Gasteiger partial charge in [0.15, 0.2) is 6.29 Å². The fourth-order valence-corrected chi connectivity index (χ4v) is 4.84. The van der Waals surface area contributed by atoms with Gasteiger partial charge in [0, 0.05) is 0 Å². The van der Waals surface area contributed by atoms with Crippen LogP contribution in [0.25, 0.3) is 0 Å².